The third kappa shape index (κ3) is 4.04. The Kier molecular flexibility index (Phi) is 5.33. The molecule has 3 amide bonds. The van der Waals surface area contributed by atoms with E-state index in [1.807, 2.05) is 12.1 Å². The van der Waals surface area contributed by atoms with Gasteiger partial charge in [0.1, 0.15) is 6.04 Å². The number of carbonyl (C=O) groups is 2. The molecule has 1 saturated heterocycles. The minimum absolute atomic E-state index is 0.0542. The first-order chi connectivity index (χ1) is 11.6. The second-order valence-electron chi connectivity index (χ2n) is 6.98. The predicted molar refractivity (Wildman–Crippen MR) is 92.7 cm³/mol. The van der Waals surface area contributed by atoms with Gasteiger partial charge in [-0.15, -0.1) is 0 Å². The van der Waals surface area contributed by atoms with Crippen molar-refractivity contribution in [2.45, 2.75) is 57.5 Å². The van der Waals surface area contributed by atoms with Crippen LogP contribution < -0.4 is 15.5 Å². The number of nitrogens with zero attached hydrogens (tertiary/aromatic N) is 2. The monoisotopic (exact) mass is 330 g/mol. The normalized spacial score (nSPS) is 27.6. The lowest BCUT2D eigenvalue weighted by Crippen LogP contribution is -2.55. The summed E-state index contributed by atoms with van der Waals surface area (Å²) >= 11 is 0. The maximum Gasteiger partial charge on any atom is 0.315 e. The Morgan fingerprint density at radius 3 is 2.88 bits per heavy atom. The molecule has 2 heterocycles. The molecule has 0 spiro atoms. The number of anilines is 1. The molecule has 6 nitrogen and oxygen atoms in total. The van der Waals surface area contributed by atoms with Gasteiger partial charge in [-0.3, -0.25) is 9.78 Å². The van der Waals surface area contributed by atoms with Crippen molar-refractivity contribution in [2.24, 2.45) is 5.92 Å². The molecule has 1 aromatic heterocycles. The fourth-order valence-electron chi connectivity index (χ4n) is 3.73. The second-order valence-corrected chi connectivity index (χ2v) is 6.98. The van der Waals surface area contributed by atoms with Crippen LogP contribution in [0.25, 0.3) is 0 Å². The molecule has 0 unspecified atom stereocenters. The molecule has 2 N–H and O–H groups in total. The summed E-state index contributed by atoms with van der Waals surface area (Å²) in [5, 5.41) is 5.91. The number of rotatable bonds is 3. The van der Waals surface area contributed by atoms with Gasteiger partial charge in [0.15, 0.2) is 0 Å². The highest BCUT2D eigenvalue weighted by Crippen LogP contribution is 2.23. The van der Waals surface area contributed by atoms with Gasteiger partial charge in [0, 0.05) is 18.8 Å². The zero-order chi connectivity index (χ0) is 16.9. The van der Waals surface area contributed by atoms with Gasteiger partial charge in [0.25, 0.3) is 0 Å². The second kappa shape index (κ2) is 7.64. The Hall–Kier alpha value is -2.11. The molecule has 0 radical (unpaired) electrons. The van der Waals surface area contributed by atoms with Crippen molar-refractivity contribution < 1.29 is 9.59 Å². The minimum atomic E-state index is -0.458. The summed E-state index contributed by atoms with van der Waals surface area (Å²) in [5.41, 5.74) is 0.788. The predicted octanol–water partition coefficient (Wildman–Crippen LogP) is 2.45. The molecule has 1 aliphatic carbocycles. The van der Waals surface area contributed by atoms with Crippen molar-refractivity contribution >= 4 is 17.6 Å². The minimum Gasteiger partial charge on any atom is -0.335 e. The first-order valence-corrected chi connectivity index (χ1v) is 8.92. The van der Waals surface area contributed by atoms with E-state index >= 15 is 0 Å². The molecule has 0 aromatic carbocycles. The summed E-state index contributed by atoms with van der Waals surface area (Å²) in [4.78, 5) is 30.7. The molecule has 1 saturated carbocycles. The molecule has 1 aromatic rings. The third-order valence-electron chi connectivity index (χ3n) is 4.97. The summed E-state index contributed by atoms with van der Waals surface area (Å²) in [5.74, 6) is 0.600. The number of carbonyl (C=O) groups excluding carboxylic acids is 2. The highest BCUT2D eigenvalue weighted by Gasteiger charge is 2.31. The van der Waals surface area contributed by atoms with Crippen molar-refractivity contribution in [3.63, 3.8) is 0 Å². The molecule has 3 rings (SSSR count). The van der Waals surface area contributed by atoms with Crippen LogP contribution in [0.4, 0.5) is 10.5 Å². The Morgan fingerprint density at radius 2 is 2.12 bits per heavy atom. The number of amides is 3. The Morgan fingerprint density at radius 1 is 1.25 bits per heavy atom. The van der Waals surface area contributed by atoms with Gasteiger partial charge in [-0.05, 0) is 43.7 Å². The number of piperidine rings is 1. The summed E-state index contributed by atoms with van der Waals surface area (Å²) in [6.07, 6.45) is 9.36. The zero-order valence-electron chi connectivity index (χ0n) is 14.2. The number of aromatic nitrogens is 1. The van der Waals surface area contributed by atoms with Gasteiger partial charge in [-0.1, -0.05) is 19.8 Å². The molecule has 2 fully saturated rings. The average molecular weight is 330 g/mol. The van der Waals surface area contributed by atoms with Gasteiger partial charge in [0.05, 0.1) is 11.9 Å². The fraction of sp³-hybridized carbons (Fsp3) is 0.611. The van der Waals surface area contributed by atoms with Gasteiger partial charge in [0.2, 0.25) is 5.91 Å². The van der Waals surface area contributed by atoms with E-state index in [9.17, 15) is 9.59 Å². The molecular weight excluding hydrogens is 304 g/mol. The number of urea groups is 1. The van der Waals surface area contributed by atoms with E-state index < -0.39 is 6.04 Å². The molecule has 1 aliphatic heterocycles. The molecule has 24 heavy (non-hydrogen) atoms. The smallest absolute Gasteiger partial charge is 0.315 e. The lowest BCUT2D eigenvalue weighted by molar-refractivity contribution is -0.121. The Bertz CT molecular complexity index is 578. The molecule has 3 atom stereocenters. The highest BCUT2D eigenvalue weighted by atomic mass is 16.2. The number of hydrogen-bond acceptors (Lipinski definition) is 3. The van der Waals surface area contributed by atoms with Crippen molar-refractivity contribution in [3.8, 4) is 0 Å². The summed E-state index contributed by atoms with van der Waals surface area (Å²) in [6.45, 7) is 2.90. The average Bonchev–Trinajstić information content (AvgIpc) is 2.57. The number of pyridine rings is 1. The van der Waals surface area contributed by atoms with E-state index in [0.717, 1.165) is 31.4 Å². The van der Waals surface area contributed by atoms with E-state index in [1.54, 1.807) is 17.3 Å². The van der Waals surface area contributed by atoms with Crippen LogP contribution in [-0.4, -0.2) is 35.6 Å². The quantitative estimate of drug-likeness (QED) is 0.894. The molecular formula is C18H26N4O2. The van der Waals surface area contributed by atoms with Crippen LogP contribution in [0.5, 0.6) is 0 Å². The van der Waals surface area contributed by atoms with Gasteiger partial charge < -0.3 is 15.5 Å². The van der Waals surface area contributed by atoms with Crippen LogP contribution in [0.15, 0.2) is 24.5 Å². The summed E-state index contributed by atoms with van der Waals surface area (Å²) in [7, 11) is 0. The van der Waals surface area contributed by atoms with Crippen LogP contribution in [0.1, 0.15) is 45.4 Å². The van der Waals surface area contributed by atoms with Crippen molar-refractivity contribution in [2.75, 3.05) is 11.4 Å². The maximum absolute atomic E-state index is 12.7. The van der Waals surface area contributed by atoms with Crippen molar-refractivity contribution in [1.29, 1.82) is 0 Å². The summed E-state index contributed by atoms with van der Waals surface area (Å²) in [6, 6.07) is 3.23. The fourth-order valence-corrected chi connectivity index (χ4v) is 3.73. The molecule has 2 aliphatic rings. The van der Waals surface area contributed by atoms with Gasteiger partial charge in [-0.2, -0.15) is 0 Å². The topological polar surface area (TPSA) is 74.3 Å². The van der Waals surface area contributed by atoms with E-state index in [-0.39, 0.29) is 18.0 Å². The lowest BCUT2D eigenvalue weighted by atomic mass is 9.87. The maximum atomic E-state index is 12.7. The highest BCUT2D eigenvalue weighted by molar-refractivity contribution is 5.99. The standard InChI is InChI=1S/C18H26N4O2/c1-13-5-2-6-14(11-13)20-18(24)21-16-8-4-10-22(17(16)23)15-7-3-9-19-12-15/h3,7,9,12-14,16H,2,4-6,8,10-11H2,1H3,(H2,20,21,24)/t13-,14-,16+/m1/s1. The Balaban J connectivity index is 1.56. The van der Waals surface area contributed by atoms with Crippen LogP contribution in [0.3, 0.4) is 0 Å². The third-order valence-corrected chi connectivity index (χ3v) is 4.97. The first-order valence-electron chi connectivity index (χ1n) is 8.92. The number of nitrogens with one attached hydrogen (secondary N) is 2. The van der Waals surface area contributed by atoms with Gasteiger partial charge >= 0.3 is 6.03 Å². The van der Waals surface area contributed by atoms with Crippen molar-refractivity contribution in [1.82, 2.24) is 15.6 Å². The molecule has 6 heteroatoms. The van der Waals surface area contributed by atoms with E-state index in [0.29, 0.717) is 18.9 Å². The van der Waals surface area contributed by atoms with Crippen LogP contribution in [-0.2, 0) is 4.79 Å². The Labute approximate surface area is 143 Å². The number of hydrogen-bond donors (Lipinski definition) is 2. The van der Waals surface area contributed by atoms with E-state index in [4.69, 9.17) is 0 Å². The SMILES string of the molecule is C[C@@H]1CCC[C@@H](NC(=O)N[C@H]2CCCN(c3cccnc3)C2=O)C1. The zero-order valence-corrected chi connectivity index (χ0v) is 14.2. The van der Waals surface area contributed by atoms with Crippen LogP contribution >= 0.6 is 0 Å². The van der Waals surface area contributed by atoms with E-state index in [2.05, 4.69) is 22.5 Å². The van der Waals surface area contributed by atoms with Crippen molar-refractivity contribution in [3.05, 3.63) is 24.5 Å². The molecule has 130 valence electrons. The van der Waals surface area contributed by atoms with Crippen LogP contribution in [0, 0.1) is 5.92 Å². The van der Waals surface area contributed by atoms with E-state index in [1.165, 1.54) is 6.42 Å². The molecule has 0 bridgehead atoms. The summed E-state index contributed by atoms with van der Waals surface area (Å²) < 4.78 is 0. The first kappa shape index (κ1) is 16.7. The largest absolute Gasteiger partial charge is 0.335 e. The lowest BCUT2D eigenvalue weighted by Gasteiger charge is -2.33. The van der Waals surface area contributed by atoms with Crippen LogP contribution in [0.2, 0.25) is 0 Å². The van der Waals surface area contributed by atoms with Gasteiger partial charge in [-0.25, -0.2) is 4.79 Å².